The molecule has 110 valence electrons. The SMILES string of the molecule is NC(=O)C1CCN(C(=O)c2ccc3c(c2)CC(=O)N3)CC1. The highest BCUT2D eigenvalue weighted by Gasteiger charge is 2.27. The maximum Gasteiger partial charge on any atom is 0.253 e. The van der Waals surface area contributed by atoms with Gasteiger partial charge in [0.1, 0.15) is 0 Å². The zero-order chi connectivity index (χ0) is 15.0. The maximum absolute atomic E-state index is 12.5. The molecule has 6 nitrogen and oxygen atoms in total. The van der Waals surface area contributed by atoms with E-state index in [2.05, 4.69) is 5.32 Å². The molecule has 3 N–H and O–H groups in total. The first-order chi connectivity index (χ1) is 10.0. The van der Waals surface area contributed by atoms with E-state index in [1.165, 1.54) is 0 Å². The van der Waals surface area contributed by atoms with Crippen molar-refractivity contribution in [3.05, 3.63) is 29.3 Å². The second kappa shape index (κ2) is 5.20. The van der Waals surface area contributed by atoms with Gasteiger partial charge in [0.05, 0.1) is 6.42 Å². The minimum Gasteiger partial charge on any atom is -0.369 e. The number of carbonyl (C=O) groups excluding carboxylic acids is 3. The third-order valence-electron chi connectivity index (χ3n) is 4.16. The molecular weight excluding hydrogens is 270 g/mol. The molecule has 0 aliphatic carbocycles. The van der Waals surface area contributed by atoms with E-state index in [4.69, 9.17) is 5.73 Å². The zero-order valence-corrected chi connectivity index (χ0v) is 11.6. The van der Waals surface area contributed by atoms with Gasteiger partial charge >= 0.3 is 0 Å². The Morgan fingerprint density at radius 2 is 1.95 bits per heavy atom. The van der Waals surface area contributed by atoms with Gasteiger partial charge in [-0.05, 0) is 36.6 Å². The Bertz CT molecular complexity index is 619. The van der Waals surface area contributed by atoms with Crippen LogP contribution in [0.1, 0.15) is 28.8 Å². The predicted molar refractivity (Wildman–Crippen MR) is 76.6 cm³/mol. The first kappa shape index (κ1) is 13.6. The van der Waals surface area contributed by atoms with Crippen molar-refractivity contribution in [3.63, 3.8) is 0 Å². The Kier molecular flexibility index (Phi) is 3.37. The Morgan fingerprint density at radius 1 is 1.24 bits per heavy atom. The molecular formula is C15H17N3O3. The van der Waals surface area contributed by atoms with Crippen LogP contribution in [0.5, 0.6) is 0 Å². The summed E-state index contributed by atoms with van der Waals surface area (Å²) in [6.07, 6.45) is 1.55. The summed E-state index contributed by atoms with van der Waals surface area (Å²) in [6, 6.07) is 5.27. The molecule has 0 unspecified atom stereocenters. The van der Waals surface area contributed by atoms with E-state index >= 15 is 0 Å². The van der Waals surface area contributed by atoms with Crippen molar-refractivity contribution in [2.75, 3.05) is 18.4 Å². The smallest absolute Gasteiger partial charge is 0.253 e. The van der Waals surface area contributed by atoms with Crippen LogP contribution in [-0.4, -0.2) is 35.7 Å². The molecule has 1 aromatic carbocycles. The Hall–Kier alpha value is -2.37. The highest BCUT2D eigenvalue weighted by molar-refractivity contribution is 6.01. The lowest BCUT2D eigenvalue weighted by Crippen LogP contribution is -2.41. The van der Waals surface area contributed by atoms with Gasteiger partial charge < -0.3 is 16.0 Å². The molecule has 0 atom stereocenters. The molecule has 0 bridgehead atoms. The molecule has 1 saturated heterocycles. The normalized spacial score (nSPS) is 18.3. The largest absolute Gasteiger partial charge is 0.369 e. The van der Waals surface area contributed by atoms with Crippen LogP contribution in [0.3, 0.4) is 0 Å². The highest BCUT2D eigenvalue weighted by Crippen LogP contribution is 2.25. The molecule has 0 radical (unpaired) electrons. The van der Waals surface area contributed by atoms with E-state index in [9.17, 15) is 14.4 Å². The first-order valence-corrected chi connectivity index (χ1v) is 7.06. The van der Waals surface area contributed by atoms with Gasteiger partial charge in [-0.3, -0.25) is 14.4 Å². The van der Waals surface area contributed by atoms with Gasteiger partial charge in [-0.1, -0.05) is 0 Å². The molecule has 1 aromatic rings. The van der Waals surface area contributed by atoms with Crippen LogP contribution in [0.2, 0.25) is 0 Å². The third-order valence-corrected chi connectivity index (χ3v) is 4.16. The fourth-order valence-corrected chi connectivity index (χ4v) is 2.91. The lowest BCUT2D eigenvalue weighted by Gasteiger charge is -2.30. The first-order valence-electron chi connectivity index (χ1n) is 7.06. The molecule has 0 aromatic heterocycles. The van der Waals surface area contributed by atoms with E-state index < -0.39 is 0 Å². The van der Waals surface area contributed by atoms with Gasteiger partial charge in [0, 0.05) is 30.3 Å². The number of nitrogens with one attached hydrogen (secondary N) is 1. The summed E-state index contributed by atoms with van der Waals surface area (Å²) in [4.78, 5) is 36.7. The van der Waals surface area contributed by atoms with Crippen molar-refractivity contribution in [2.24, 2.45) is 11.7 Å². The van der Waals surface area contributed by atoms with Crippen molar-refractivity contribution >= 4 is 23.4 Å². The summed E-state index contributed by atoms with van der Waals surface area (Å²) in [6.45, 7) is 1.08. The van der Waals surface area contributed by atoms with Gasteiger partial charge in [-0.25, -0.2) is 0 Å². The van der Waals surface area contributed by atoms with Crippen molar-refractivity contribution in [3.8, 4) is 0 Å². The molecule has 21 heavy (non-hydrogen) atoms. The number of hydrogen-bond acceptors (Lipinski definition) is 3. The van der Waals surface area contributed by atoms with Crippen LogP contribution >= 0.6 is 0 Å². The van der Waals surface area contributed by atoms with Crippen LogP contribution in [0, 0.1) is 5.92 Å². The molecule has 1 fully saturated rings. The summed E-state index contributed by atoms with van der Waals surface area (Å²) >= 11 is 0. The molecule has 3 rings (SSSR count). The summed E-state index contributed by atoms with van der Waals surface area (Å²) in [5.41, 5.74) is 7.52. The second-order valence-electron chi connectivity index (χ2n) is 5.57. The minimum absolute atomic E-state index is 0.0446. The zero-order valence-electron chi connectivity index (χ0n) is 11.6. The summed E-state index contributed by atoms with van der Waals surface area (Å²) in [5.74, 6) is -0.517. The van der Waals surface area contributed by atoms with E-state index in [0.717, 1.165) is 11.3 Å². The van der Waals surface area contributed by atoms with Crippen LogP contribution in [-0.2, 0) is 16.0 Å². The fraction of sp³-hybridized carbons (Fsp3) is 0.400. The topological polar surface area (TPSA) is 92.5 Å². The maximum atomic E-state index is 12.5. The molecule has 0 spiro atoms. The number of carbonyl (C=O) groups is 3. The van der Waals surface area contributed by atoms with Crippen molar-refractivity contribution in [1.82, 2.24) is 4.90 Å². The minimum atomic E-state index is -0.288. The van der Waals surface area contributed by atoms with Gasteiger partial charge in [0.15, 0.2) is 0 Å². The molecule has 2 aliphatic rings. The average Bonchev–Trinajstić information content (AvgIpc) is 2.85. The number of anilines is 1. The number of nitrogens with two attached hydrogens (primary N) is 1. The Labute approximate surface area is 122 Å². The van der Waals surface area contributed by atoms with Crippen LogP contribution < -0.4 is 11.1 Å². The van der Waals surface area contributed by atoms with Crippen LogP contribution in [0.4, 0.5) is 5.69 Å². The highest BCUT2D eigenvalue weighted by atomic mass is 16.2. The number of hydrogen-bond donors (Lipinski definition) is 2. The second-order valence-corrected chi connectivity index (χ2v) is 5.57. The quantitative estimate of drug-likeness (QED) is 0.830. The molecule has 2 aliphatic heterocycles. The van der Waals surface area contributed by atoms with Crippen molar-refractivity contribution in [2.45, 2.75) is 19.3 Å². The van der Waals surface area contributed by atoms with Crippen LogP contribution in [0.15, 0.2) is 18.2 Å². The van der Waals surface area contributed by atoms with Gasteiger partial charge in [0.2, 0.25) is 11.8 Å². The standard InChI is InChI=1S/C15H17N3O3/c16-14(20)9-3-5-18(6-4-9)15(21)10-1-2-12-11(7-10)8-13(19)17-12/h1-2,7,9H,3-6,8H2,(H2,16,20)(H,17,19). The van der Waals surface area contributed by atoms with E-state index in [-0.39, 0.29) is 23.6 Å². The summed E-state index contributed by atoms with van der Waals surface area (Å²) < 4.78 is 0. The number of rotatable bonds is 2. The summed E-state index contributed by atoms with van der Waals surface area (Å²) in [5, 5.41) is 2.75. The molecule has 6 heteroatoms. The molecule has 2 heterocycles. The summed E-state index contributed by atoms with van der Waals surface area (Å²) in [7, 11) is 0. The van der Waals surface area contributed by atoms with Gasteiger partial charge in [-0.15, -0.1) is 0 Å². The number of amides is 3. The Balaban J connectivity index is 1.71. The number of likely N-dealkylation sites (tertiary alicyclic amines) is 1. The van der Waals surface area contributed by atoms with Crippen molar-refractivity contribution < 1.29 is 14.4 Å². The fourth-order valence-electron chi connectivity index (χ4n) is 2.91. The molecule has 0 saturated carbocycles. The number of nitrogens with zero attached hydrogens (tertiary/aromatic N) is 1. The number of benzene rings is 1. The number of primary amides is 1. The van der Waals surface area contributed by atoms with E-state index in [0.29, 0.717) is 37.9 Å². The monoisotopic (exact) mass is 287 g/mol. The number of fused-ring (bicyclic) bond motifs is 1. The molecule has 3 amide bonds. The van der Waals surface area contributed by atoms with Gasteiger partial charge in [0.25, 0.3) is 5.91 Å². The lowest BCUT2D eigenvalue weighted by molar-refractivity contribution is -0.123. The van der Waals surface area contributed by atoms with Crippen LogP contribution in [0.25, 0.3) is 0 Å². The Morgan fingerprint density at radius 3 is 2.62 bits per heavy atom. The van der Waals surface area contributed by atoms with Crippen molar-refractivity contribution in [1.29, 1.82) is 0 Å². The third kappa shape index (κ3) is 2.61. The van der Waals surface area contributed by atoms with Gasteiger partial charge in [-0.2, -0.15) is 0 Å². The average molecular weight is 287 g/mol. The number of piperidine rings is 1. The van der Waals surface area contributed by atoms with E-state index in [1.807, 2.05) is 0 Å². The predicted octanol–water partition coefficient (Wildman–Crippen LogP) is 0.519. The van der Waals surface area contributed by atoms with E-state index in [1.54, 1.807) is 23.1 Å². The lowest BCUT2D eigenvalue weighted by atomic mass is 9.95.